The molecule has 104 valence electrons. The molecule has 0 aromatic heterocycles. The van der Waals surface area contributed by atoms with E-state index in [9.17, 15) is 9.18 Å². The predicted octanol–water partition coefficient (Wildman–Crippen LogP) is 2.89. The van der Waals surface area contributed by atoms with Crippen molar-refractivity contribution in [3.63, 3.8) is 0 Å². The maximum atomic E-state index is 12.7. The summed E-state index contributed by atoms with van der Waals surface area (Å²) in [4.78, 5) is 14.1. The lowest BCUT2D eigenvalue weighted by Crippen LogP contribution is -2.36. The van der Waals surface area contributed by atoms with E-state index >= 15 is 0 Å². The van der Waals surface area contributed by atoms with Crippen molar-refractivity contribution in [1.29, 1.82) is 0 Å². The highest BCUT2D eigenvalue weighted by atomic mass is 19.1. The third-order valence-corrected chi connectivity index (χ3v) is 3.52. The molecule has 1 aromatic rings. The molecular formula is C15H21FN2O. The van der Waals surface area contributed by atoms with Gasteiger partial charge in [-0.25, -0.2) is 4.39 Å². The highest BCUT2D eigenvalue weighted by Crippen LogP contribution is 2.15. The SMILES string of the molecule is CC1CCCN(CCC(=O)Nc2ccc(F)cc2)C1. The van der Waals surface area contributed by atoms with Gasteiger partial charge in [-0.05, 0) is 49.6 Å². The Balaban J connectivity index is 1.73. The van der Waals surface area contributed by atoms with Crippen molar-refractivity contribution in [3.05, 3.63) is 30.1 Å². The molecular weight excluding hydrogens is 243 g/mol. The maximum Gasteiger partial charge on any atom is 0.225 e. The second-order valence-corrected chi connectivity index (χ2v) is 5.35. The molecule has 0 bridgehead atoms. The summed E-state index contributed by atoms with van der Waals surface area (Å²) in [5.74, 6) is 0.430. The lowest BCUT2D eigenvalue weighted by atomic mass is 10.0. The standard InChI is InChI=1S/C15H21FN2O/c1-12-3-2-9-18(11-12)10-8-15(19)17-14-6-4-13(16)5-7-14/h4-7,12H,2-3,8-11H2,1H3,(H,17,19). The van der Waals surface area contributed by atoms with Crippen molar-refractivity contribution in [2.45, 2.75) is 26.2 Å². The molecule has 1 unspecified atom stereocenters. The minimum atomic E-state index is -0.291. The highest BCUT2D eigenvalue weighted by Gasteiger charge is 2.16. The number of hydrogen-bond donors (Lipinski definition) is 1. The third-order valence-electron chi connectivity index (χ3n) is 3.52. The molecule has 1 atom stereocenters. The number of likely N-dealkylation sites (tertiary alicyclic amines) is 1. The van der Waals surface area contributed by atoms with Crippen LogP contribution in [-0.2, 0) is 4.79 Å². The van der Waals surface area contributed by atoms with E-state index in [1.807, 2.05) is 0 Å². The number of rotatable bonds is 4. The lowest BCUT2D eigenvalue weighted by Gasteiger charge is -2.30. The van der Waals surface area contributed by atoms with Gasteiger partial charge in [0.25, 0.3) is 0 Å². The number of nitrogens with one attached hydrogen (secondary N) is 1. The summed E-state index contributed by atoms with van der Waals surface area (Å²) in [7, 11) is 0. The van der Waals surface area contributed by atoms with Gasteiger partial charge < -0.3 is 10.2 Å². The molecule has 1 N–H and O–H groups in total. The Bertz CT molecular complexity index is 419. The van der Waals surface area contributed by atoms with Crippen LogP contribution >= 0.6 is 0 Å². The zero-order valence-corrected chi connectivity index (χ0v) is 11.4. The zero-order valence-electron chi connectivity index (χ0n) is 11.4. The van der Waals surface area contributed by atoms with E-state index in [2.05, 4.69) is 17.1 Å². The highest BCUT2D eigenvalue weighted by molar-refractivity contribution is 5.90. The van der Waals surface area contributed by atoms with Crippen LogP contribution in [-0.4, -0.2) is 30.4 Å². The normalized spacial score (nSPS) is 20.2. The van der Waals surface area contributed by atoms with Gasteiger partial charge in [-0.2, -0.15) is 0 Å². The molecule has 19 heavy (non-hydrogen) atoms. The van der Waals surface area contributed by atoms with Crippen LogP contribution in [0.15, 0.2) is 24.3 Å². The van der Waals surface area contributed by atoms with Gasteiger partial charge in [-0.15, -0.1) is 0 Å². The molecule has 0 radical (unpaired) electrons. The molecule has 1 fully saturated rings. The summed E-state index contributed by atoms with van der Waals surface area (Å²) in [6.45, 7) is 5.24. The van der Waals surface area contributed by atoms with Gasteiger partial charge in [0.1, 0.15) is 5.82 Å². The van der Waals surface area contributed by atoms with Gasteiger partial charge in [0.05, 0.1) is 0 Å². The Morgan fingerprint density at radius 2 is 2.16 bits per heavy atom. The second-order valence-electron chi connectivity index (χ2n) is 5.35. The fraction of sp³-hybridized carbons (Fsp3) is 0.533. The first-order valence-corrected chi connectivity index (χ1v) is 6.91. The summed E-state index contributed by atoms with van der Waals surface area (Å²) in [5, 5.41) is 2.79. The Kier molecular flexibility index (Phi) is 4.91. The molecule has 0 spiro atoms. The Morgan fingerprint density at radius 1 is 1.42 bits per heavy atom. The monoisotopic (exact) mass is 264 g/mol. The molecule has 2 rings (SSSR count). The van der Waals surface area contributed by atoms with Crippen LogP contribution in [0.25, 0.3) is 0 Å². The van der Waals surface area contributed by atoms with Gasteiger partial charge in [0, 0.05) is 25.2 Å². The third kappa shape index (κ3) is 4.63. The fourth-order valence-electron chi connectivity index (χ4n) is 2.51. The van der Waals surface area contributed by atoms with Crippen LogP contribution in [0.1, 0.15) is 26.2 Å². The smallest absolute Gasteiger partial charge is 0.225 e. The minimum Gasteiger partial charge on any atom is -0.326 e. The van der Waals surface area contributed by atoms with Crippen LogP contribution in [0, 0.1) is 11.7 Å². The van der Waals surface area contributed by atoms with Crippen molar-refractivity contribution in [3.8, 4) is 0 Å². The number of nitrogens with zero attached hydrogens (tertiary/aromatic N) is 1. The molecule has 1 aromatic carbocycles. The Hall–Kier alpha value is -1.42. The van der Waals surface area contributed by atoms with Gasteiger partial charge in [-0.1, -0.05) is 6.92 Å². The number of benzene rings is 1. The van der Waals surface area contributed by atoms with E-state index in [0.717, 1.165) is 25.6 Å². The van der Waals surface area contributed by atoms with Crippen LogP contribution in [0.4, 0.5) is 10.1 Å². The summed E-state index contributed by atoms with van der Waals surface area (Å²) in [6, 6.07) is 5.86. The van der Waals surface area contributed by atoms with E-state index in [1.165, 1.54) is 25.0 Å². The first-order chi connectivity index (χ1) is 9.13. The quantitative estimate of drug-likeness (QED) is 0.907. The topological polar surface area (TPSA) is 32.3 Å². The van der Waals surface area contributed by atoms with Crippen molar-refractivity contribution in [2.75, 3.05) is 25.0 Å². The maximum absolute atomic E-state index is 12.7. The number of piperidine rings is 1. The average molecular weight is 264 g/mol. The number of carbonyl (C=O) groups is 1. The molecule has 1 aliphatic heterocycles. The van der Waals surface area contributed by atoms with Crippen molar-refractivity contribution < 1.29 is 9.18 Å². The van der Waals surface area contributed by atoms with Crippen molar-refractivity contribution in [2.24, 2.45) is 5.92 Å². The van der Waals surface area contributed by atoms with E-state index in [4.69, 9.17) is 0 Å². The molecule has 0 aliphatic carbocycles. The molecule has 3 nitrogen and oxygen atoms in total. The largest absolute Gasteiger partial charge is 0.326 e. The minimum absolute atomic E-state index is 0.00941. The van der Waals surface area contributed by atoms with Crippen molar-refractivity contribution >= 4 is 11.6 Å². The van der Waals surface area contributed by atoms with Crippen LogP contribution in [0.3, 0.4) is 0 Å². The number of anilines is 1. The van der Waals surface area contributed by atoms with Crippen molar-refractivity contribution in [1.82, 2.24) is 4.90 Å². The number of halogens is 1. The molecule has 1 amide bonds. The fourth-order valence-corrected chi connectivity index (χ4v) is 2.51. The first kappa shape index (κ1) is 14.0. The van der Waals surface area contributed by atoms with Gasteiger partial charge >= 0.3 is 0 Å². The number of carbonyl (C=O) groups excluding carboxylic acids is 1. The van der Waals surface area contributed by atoms with Gasteiger partial charge in [-0.3, -0.25) is 4.79 Å². The zero-order chi connectivity index (χ0) is 13.7. The second kappa shape index (κ2) is 6.66. The number of hydrogen-bond acceptors (Lipinski definition) is 2. The van der Waals surface area contributed by atoms with E-state index in [0.29, 0.717) is 12.1 Å². The average Bonchev–Trinajstić information content (AvgIpc) is 2.39. The van der Waals surface area contributed by atoms with E-state index in [-0.39, 0.29) is 11.7 Å². The van der Waals surface area contributed by atoms with Gasteiger partial charge in [0.15, 0.2) is 0 Å². The number of amides is 1. The van der Waals surface area contributed by atoms with Crippen LogP contribution in [0.2, 0.25) is 0 Å². The predicted molar refractivity (Wildman–Crippen MR) is 74.5 cm³/mol. The van der Waals surface area contributed by atoms with E-state index < -0.39 is 0 Å². The molecule has 1 saturated heterocycles. The molecule has 1 aliphatic rings. The Morgan fingerprint density at radius 3 is 2.84 bits per heavy atom. The molecule has 1 heterocycles. The summed E-state index contributed by atoms with van der Waals surface area (Å²) in [5.41, 5.74) is 0.651. The Labute approximate surface area is 113 Å². The molecule has 4 heteroatoms. The van der Waals surface area contributed by atoms with Crippen LogP contribution in [0.5, 0.6) is 0 Å². The summed E-state index contributed by atoms with van der Waals surface area (Å²) in [6.07, 6.45) is 3.00. The summed E-state index contributed by atoms with van der Waals surface area (Å²) >= 11 is 0. The lowest BCUT2D eigenvalue weighted by molar-refractivity contribution is -0.116. The summed E-state index contributed by atoms with van der Waals surface area (Å²) < 4.78 is 12.7. The van der Waals surface area contributed by atoms with Crippen LogP contribution < -0.4 is 5.32 Å². The van der Waals surface area contributed by atoms with Gasteiger partial charge in [0.2, 0.25) is 5.91 Å². The first-order valence-electron chi connectivity index (χ1n) is 6.91. The molecule has 0 saturated carbocycles. The van der Waals surface area contributed by atoms with E-state index in [1.54, 1.807) is 12.1 Å².